The van der Waals surface area contributed by atoms with Crippen molar-refractivity contribution in [1.82, 2.24) is 24.2 Å². The highest BCUT2D eigenvalue weighted by Crippen LogP contribution is 2.31. The van der Waals surface area contributed by atoms with Crippen molar-refractivity contribution in [2.24, 2.45) is 7.05 Å². The third-order valence-electron chi connectivity index (χ3n) is 6.97. The number of aromatic nitrogens is 4. The number of carbonyl (C=O) groups is 1. The molecule has 0 aliphatic carbocycles. The fourth-order valence-electron chi connectivity index (χ4n) is 4.88. The summed E-state index contributed by atoms with van der Waals surface area (Å²) >= 11 is 0. The second-order valence-corrected chi connectivity index (χ2v) is 9.09. The minimum Gasteiger partial charge on any atom is -0.337 e. The van der Waals surface area contributed by atoms with Crippen LogP contribution in [0.3, 0.4) is 0 Å². The van der Waals surface area contributed by atoms with Crippen LogP contribution in [-0.4, -0.2) is 43.2 Å². The smallest absolute Gasteiger partial charge is 0.274 e. The van der Waals surface area contributed by atoms with Crippen LogP contribution in [0, 0.1) is 25.2 Å². The molecule has 0 bridgehead atoms. The molecule has 1 fully saturated rings. The summed E-state index contributed by atoms with van der Waals surface area (Å²) in [6.07, 6.45) is 4.87. The molecule has 0 radical (unpaired) electrons. The van der Waals surface area contributed by atoms with Gasteiger partial charge in [0.15, 0.2) is 0 Å². The second kappa shape index (κ2) is 8.88. The van der Waals surface area contributed by atoms with Crippen molar-refractivity contribution in [2.45, 2.75) is 33.1 Å². The van der Waals surface area contributed by atoms with Crippen molar-refractivity contribution < 1.29 is 4.79 Å². The molecule has 0 spiro atoms. The van der Waals surface area contributed by atoms with Crippen molar-refractivity contribution in [1.29, 1.82) is 5.26 Å². The summed E-state index contributed by atoms with van der Waals surface area (Å²) in [5.74, 6) is 0.634. The van der Waals surface area contributed by atoms with E-state index in [1.165, 1.54) is 0 Å². The summed E-state index contributed by atoms with van der Waals surface area (Å²) in [4.78, 5) is 20.3. The van der Waals surface area contributed by atoms with Crippen molar-refractivity contribution in [3.8, 4) is 23.1 Å². The van der Waals surface area contributed by atoms with Crippen LogP contribution in [0.1, 0.15) is 52.3 Å². The monoisotopic (exact) mass is 464 g/mol. The lowest BCUT2D eigenvalue weighted by molar-refractivity contribution is 0.0718. The molecule has 1 aliphatic rings. The Labute approximate surface area is 204 Å². The van der Waals surface area contributed by atoms with Gasteiger partial charge in [-0.15, -0.1) is 0 Å². The summed E-state index contributed by atoms with van der Waals surface area (Å²) in [6, 6.07) is 13.9. The van der Waals surface area contributed by atoms with Gasteiger partial charge < -0.3 is 4.90 Å². The summed E-state index contributed by atoms with van der Waals surface area (Å²) in [6.45, 7) is 9.39. The lowest BCUT2D eigenvalue weighted by atomic mass is 10.0. The van der Waals surface area contributed by atoms with Gasteiger partial charge in [-0.05, 0) is 75.1 Å². The van der Waals surface area contributed by atoms with E-state index in [-0.39, 0.29) is 5.91 Å². The maximum absolute atomic E-state index is 13.5. The van der Waals surface area contributed by atoms with E-state index in [1.807, 2.05) is 59.3 Å². The quantitative estimate of drug-likeness (QED) is 0.417. The van der Waals surface area contributed by atoms with Gasteiger partial charge in [0.05, 0.1) is 22.8 Å². The maximum Gasteiger partial charge on any atom is 0.274 e. The molecule has 0 atom stereocenters. The predicted octanol–water partition coefficient (Wildman–Crippen LogP) is 5.18. The van der Waals surface area contributed by atoms with E-state index in [0.29, 0.717) is 17.1 Å². The number of fused-ring (bicyclic) bond motifs is 1. The molecule has 176 valence electrons. The summed E-state index contributed by atoms with van der Waals surface area (Å²) in [5, 5.41) is 15.1. The van der Waals surface area contributed by atoms with Crippen LogP contribution in [0.25, 0.3) is 34.1 Å². The molecule has 0 unspecified atom stereocenters. The first-order chi connectivity index (χ1) is 16.9. The molecule has 2 aromatic carbocycles. The fraction of sp³-hybridized carbons (Fsp3) is 0.286. The number of hydrogen-bond acceptors (Lipinski definition) is 4. The molecule has 2 aromatic heterocycles. The summed E-state index contributed by atoms with van der Waals surface area (Å²) in [7, 11) is 1.94. The van der Waals surface area contributed by atoms with E-state index in [4.69, 9.17) is 4.98 Å². The lowest BCUT2D eigenvalue weighted by Gasteiger charge is -2.26. The third-order valence-corrected chi connectivity index (χ3v) is 6.97. The van der Waals surface area contributed by atoms with Crippen molar-refractivity contribution in [3.63, 3.8) is 0 Å². The van der Waals surface area contributed by atoms with Gasteiger partial charge in [-0.3, -0.25) is 14.0 Å². The van der Waals surface area contributed by atoms with Gasteiger partial charge in [0, 0.05) is 42.5 Å². The highest BCUT2D eigenvalue weighted by Gasteiger charge is 2.27. The van der Waals surface area contributed by atoms with Crippen LogP contribution in [-0.2, 0) is 7.05 Å². The molecular weight excluding hydrogens is 436 g/mol. The Hall–Kier alpha value is -4.18. The Morgan fingerprint density at radius 1 is 1.09 bits per heavy atom. The SMILES string of the molecule is C=Cc1cc(-c2nc(C(=O)N3CCCCC3)c(C)n2-c2ccc3nn(C)c(C)c3c2)ccc1C#N. The van der Waals surface area contributed by atoms with E-state index >= 15 is 0 Å². The van der Waals surface area contributed by atoms with Gasteiger partial charge in [0.2, 0.25) is 0 Å². The second-order valence-electron chi connectivity index (χ2n) is 9.09. The average Bonchev–Trinajstić information content (AvgIpc) is 3.38. The maximum atomic E-state index is 13.5. The zero-order chi connectivity index (χ0) is 24.7. The number of nitrogens with zero attached hydrogens (tertiary/aromatic N) is 6. The first kappa shape index (κ1) is 22.6. The molecule has 0 saturated carbocycles. The van der Waals surface area contributed by atoms with E-state index in [2.05, 4.69) is 23.8 Å². The van der Waals surface area contributed by atoms with Crippen molar-refractivity contribution in [2.75, 3.05) is 13.1 Å². The van der Waals surface area contributed by atoms with Gasteiger partial charge in [0.25, 0.3) is 5.91 Å². The standard InChI is InChI=1S/C28H28N6O/c1-5-20-15-21(9-10-22(20)17-29)27-30-26(28(35)33-13-7-6-8-14-33)19(3)34(27)23-11-12-25-24(16-23)18(2)32(4)31-25/h5,9-12,15-16H,1,6-8,13-14H2,2-4H3. The van der Waals surface area contributed by atoms with E-state index in [9.17, 15) is 10.1 Å². The van der Waals surface area contributed by atoms with Crippen molar-refractivity contribution in [3.05, 3.63) is 71.2 Å². The number of piperidine rings is 1. The minimum atomic E-state index is -0.0292. The highest BCUT2D eigenvalue weighted by molar-refractivity contribution is 5.95. The predicted molar refractivity (Wildman–Crippen MR) is 137 cm³/mol. The number of imidazole rings is 1. The molecule has 35 heavy (non-hydrogen) atoms. The summed E-state index contributed by atoms with van der Waals surface area (Å²) < 4.78 is 3.91. The number of benzene rings is 2. The largest absolute Gasteiger partial charge is 0.337 e. The Morgan fingerprint density at radius 2 is 1.86 bits per heavy atom. The van der Waals surface area contributed by atoms with Gasteiger partial charge in [-0.1, -0.05) is 12.7 Å². The van der Waals surface area contributed by atoms with Crippen molar-refractivity contribution >= 4 is 22.9 Å². The zero-order valence-corrected chi connectivity index (χ0v) is 20.4. The molecule has 3 heterocycles. The number of nitriles is 1. The Kier molecular flexibility index (Phi) is 5.73. The van der Waals surface area contributed by atoms with Crippen LogP contribution < -0.4 is 0 Å². The van der Waals surface area contributed by atoms with E-state index in [1.54, 1.807) is 12.1 Å². The van der Waals surface area contributed by atoms with E-state index in [0.717, 1.165) is 71.5 Å². The average molecular weight is 465 g/mol. The summed E-state index contributed by atoms with van der Waals surface area (Å²) in [5.41, 5.74) is 6.27. The first-order valence-corrected chi connectivity index (χ1v) is 11.9. The van der Waals surface area contributed by atoms with Crippen LogP contribution in [0.5, 0.6) is 0 Å². The first-order valence-electron chi connectivity index (χ1n) is 11.9. The Balaban J connectivity index is 1.72. The fourth-order valence-corrected chi connectivity index (χ4v) is 4.88. The molecule has 0 N–H and O–H groups in total. The lowest BCUT2D eigenvalue weighted by Crippen LogP contribution is -2.36. The number of amides is 1. The number of likely N-dealkylation sites (tertiary alicyclic amines) is 1. The van der Waals surface area contributed by atoms with E-state index < -0.39 is 0 Å². The minimum absolute atomic E-state index is 0.0292. The zero-order valence-electron chi connectivity index (χ0n) is 20.4. The van der Waals surface area contributed by atoms with Crippen LogP contribution in [0.2, 0.25) is 0 Å². The normalized spacial score (nSPS) is 13.7. The van der Waals surface area contributed by atoms with Gasteiger partial charge in [-0.2, -0.15) is 10.4 Å². The van der Waals surface area contributed by atoms with Crippen LogP contribution in [0.15, 0.2) is 43.0 Å². The Morgan fingerprint density at radius 3 is 2.57 bits per heavy atom. The molecule has 7 heteroatoms. The molecule has 1 amide bonds. The van der Waals surface area contributed by atoms with Crippen LogP contribution in [0.4, 0.5) is 0 Å². The molecule has 7 nitrogen and oxygen atoms in total. The number of hydrogen-bond donors (Lipinski definition) is 0. The van der Waals surface area contributed by atoms with Gasteiger partial charge in [-0.25, -0.2) is 4.98 Å². The molecule has 4 aromatic rings. The molecular formula is C28H28N6O. The Bertz CT molecular complexity index is 1510. The van der Waals surface area contributed by atoms with Gasteiger partial charge in [0.1, 0.15) is 11.5 Å². The molecule has 5 rings (SSSR count). The van der Waals surface area contributed by atoms with Crippen LogP contribution >= 0.6 is 0 Å². The topological polar surface area (TPSA) is 79.7 Å². The number of carbonyl (C=O) groups excluding carboxylic acids is 1. The van der Waals surface area contributed by atoms with Gasteiger partial charge >= 0.3 is 0 Å². The molecule has 1 saturated heterocycles. The highest BCUT2D eigenvalue weighted by atomic mass is 16.2. The number of rotatable bonds is 4. The number of aryl methyl sites for hydroxylation is 2. The third kappa shape index (κ3) is 3.81. The molecule has 1 aliphatic heterocycles.